The number of nitrogens with zero attached hydrogens (tertiary/aromatic N) is 1. The maximum absolute atomic E-state index is 12.3. The number of anilines is 1. The predicted octanol–water partition coefficient (Wildman–Crippen LogP) is 3.01. The zero-order valence-corrected chi connectivity index (χ0v) is 13.3. The zero-order valence-electron chi connectivity index (χ0n) is 12.5. The van der Waals surface area contributed by atoms with Crippen LogP contribution in [0.15, 0.2) is 54.6 Å². The molecule has 2 amide bonds. The molecule has 0 saturated carbocycles. The Hall–Kier alpha value is -2.33. The molecule has 0 radical (unpaired) electrons. The minimum absolute atomic E-state index is 0.0490. The third kappa shape index (κ3) is 3.71. The minimum atomic E-state index is -0.329. The van der Waals surface area contributed by atoms with Gasteiger partial charge in [-0.2, -0.15) is 0 Å². The Morgan fingerprint density at radius 1 is 1.17 bits per heavy atom. The summed E-state index contributed by atoms with van der Waals surface area (Å²) in [5, 5.41) is 3.48. The fourth-order valence-corrected chi connectivity index (χ4v) is 2.89. The van der Waals surface area contributed by atoms with E-state index in [-0.39, 0.29) is 24.2 Å². The normalized spacial score (nSPS) is 17.3. The molecule has 1 saturated heterocycles. The van der Waals surface area contributed by atoms with E-state index < -0.39 is 0 Å². The van der Waals surface area contributed by atoms with E-state index in [1.54, 1.807) is 23.1 Å². The highest BCUT2D eigenvalue weighted by Crippen LogP contribution is 2.27. The van der Waals surface area contributed by atoms with E-state index in [1.165, 1.54) is 0 Å². The summed E-state index contributed by atoms with van der Waals surface area (Å²) >= 11 is 5.97. The quantitative estimate of drug-likeness (QED) is 0.938. The molecule has 5 heteroatoms. The van der Waals surface area contributed by atoms with E-state index in [2.05, 4.69) is 5.32 Å². The molecule has 0 aromatic heterocycles. The van der Waals surface area contributed by atoms with Crippen molar-refractivity contribution >= 4 is 29.1 Å². The summed E-state index contributed by atoms with van der Waals surface area (Å²) in [6.45, 7) is 0.862. The van der Waals surface area contributed by atoms with Crippen molar-refractivity contribution in [2.75, 3.05) is 11.4 Å². The van der Waals surface area contributed by atoms with E-state index in [9.17, 15) is 9.59 Å². The van der Waals surface area contributed by atoms with Crippen LogP contribution >= 0.6 is 11.6 Å². The molecular formula is C18H17ClN2O2. The minimum Gasteiger partial charge on any atom is -0.352 e. The Morgan fingerprint density at radius 3 is 2.70 bits per heavy atom. The van der Waals surface area contributed by atoms with Crippen LogP contribution in [0.5, 0.6) is 0 Å². The van der Waals surface area contributed by atoms with Gasteiger partial charge in [0.2, 0.25) is 11.8 Å². The number of nitrogens with one attached hydrogen (secondary N) is 1. The van der Waals surface area contributed by atoms with Crippen LogP contribution in [0.1, 0.15) is 12.0 Å². The molecular weight excluding hydrogens is 312 g/mol. The van der Waals surface area contributed by atoms with Crippen LogP contribution in [0.3, 0.4) is 0 Å². The van der Waals surface area contributed by atoms with Crippen molar-refractivity contribution in [2.45, 2.75) is 13.0 Å². The molecule has 4 nitrogen and oxygen atoms in total. The van der Waals surface area contributed by atoms with Gasteiger partial charge in [-0.1, -0.05) is 48.0 Å². The molecule has 3 rings (SSSR count). The lowest BCUT2D eigenvalue weighted by Crippen LogP contribution is -2.32. The molecule has 0 unspecified atom stereocenters. The third-order valence-electron chi connectivity index (χ3n) is 3.93. The van der Waals surface area contributed by atoms with Crippen molar-refractivity contribution in [3.63, 3.8) is 0 Å². The SMILES string of the molecule is O=C(NCc1ccccc1)[C@@H]1CC(=O)N(c2cccc(Cl)c2)C1. The number of carbonyl (C=O) groups excluding carboxylic acids is 2. The molecule has 0 bridgehead atoms. The Morgan fingerprint density at radius 2 is 1.96 bits per heavy atom. The van der Waals surface area contributed by atoms with E-state index >= 15 is 0 Å². The Balaban J connectivity index is 1.62. The van der Waals surface area contributed by atoms with Crippen LogP contribution in [0.4, 0.5) is 5.69 Å². The number of carbonyl (C=O) groups is 2. The lowest BCUT2D eigenvalue weighted by Gasteiger charge is -2.17. The average Bonchev–Trinajstić information content (AvgIpc) is 2.95. The third-order valence-corrected chi connectivity index (χ3v) is 4.16. The van der Waals surface area contributed by atoms with Crippen molar-refractivity contribution in [1.82, 2.24) is 5.32 Å². The molecule has 1 aliphatic heterocycles. The lowest BCUT2D eigenvalue weighted by atomic mass is 10.1. The van der Waals surface area contributed by atoms with Gasteiger partial charge in [-0.15, -0.1) is 0 Å². The lowest BCUT2D eigenvalue weighted by molar-refractivity contribution is -0.126. The predicted molar refractivity (Wildman–Crippen MR) is 90.2 cm³/mol. The first-order chi connectivity index (χ1) is 11.1. The van der Waals surface area contributed by atoms with Gasteiger partial charge in [0, 0.05) is 30.2 Å². The standard InChI is InChI=1S/C18H17ClN2O2/c19-15-7-4-8-16(10-15)21-12-14(9-17(21)22)18(23)20-11-13-5-2-1-3-6-13/h1-8,10,14H,9,11-12H2,(H,20,23)/t14-/m1/s1. The Labute approximate surface area is 140 Å². The van der Waals surface area contributed by atoms with Crippen molar-refractivity contribution < 1.29 is 9.59 Å². The fraction of sp³-hybridized carbons (Fsp3) is 0.222. The highest BCUT2D eigenvalue weighted by atomic mass is 35.5. The first-order valence-electron chi connectivity index (χ1n) is 7.51. The second-order valence-electron chi connectivity index (χ2n) is 5.59. The average molecular weight is 329 g/mol. The van der Waals surface area contributed by atoms with Gasteiger partial charge in [-0.3, -0.25) is 9.59 Å². The molecule has 1 atom stereocenters. The van der Waals surface area contributed by atoms with Gasteiger partial charge in [0.25, 0.3) is 0 Å². The molecule has 1 N–H and O–H groups in total. The van der Waals surface area contributed by atoms with Gasteiger partial charge in [-0.25, -0.2) is 0 Å². The molecule has 0 aliphatic carbocycles. The summed E-state index contributed by atoms with van der Waals surface area (Å²) in [5.74, 6) is -0.468. The molecule has 1 heterocycles. The van der Waals surface area contributed by atoms with Gasteiger partial charge in [0.1, 0.15) is 0 Å². The molecule has 2 aromatic carbocycles. The van der Waals surface area contributed by atoms with Crippen molar-refractivity contribution in [1.29, 1.82) is 0 Å². The monoisotopic (exact) mass is 328 g/mol. The topological polar surface area (TPSA) is 49.4 Å². The highest BCUT2D eigenvalue weighted by Gasteiger charge is 2.35. The maximum Gasteiger partial charge on any atom is 0.227 e. The first-order valence-corrected chi connectivity index (χ1v) is 7.89. The summed E-state index contributed by atoms with van der Waals surface area (Å²) in [6.07, 6.45) is 0.229. The van der Waals surface area contributed by atoms with Crippen LogP contribution < -0.4 is 10.2 Å². The first kappa shape index (κ1) is 15.6. The second kappa shape index (κ2) is 6.84. The fourth-order valence-electron chi connectivity index (χ4n) is 2.71. The van der Waals surface area contributed by atoms with Gasteiger partial charge < -0.3 is 10.2 Å². The van der Waals surface area contributed by atoms with Crippen molar-refractivity contribution in [3.05, 3.63) is 65.2 Å². The van der Waals surface area contributed by atoms with Crippen LogP contribution in [-0.4, -0.2) is 18.4 Å². The van der Waals surface area contributed by atoms with E-state index in [0.717, 1.165) is 11.3 Å². The number of halogens is 1. The largest absolute Gasteiger partial charge is 0.352 e. The number of hydrogen-bond acceptors (Lipinski definition) is 2. The summed E-state index contributed by atoms with van der Waals surface area (Å²) in [4.78, 5) is 26.1. The molecule has 1 aliphatic rings. The number of rotatable bonds is 4. The molecule has 1 fully saturated rings. The van der Waals surface area contributed by atoms with E-state index in [0.29, 0.717) is 18.1 Å². The Kier molecular flexibility index (Phi) is 4.63. The molecule has 2 aromatic rings. The number of hydrogen-bond donors (Lipinski definition) is 1. The molecule has 0 spiro atoms. The van der Waals surface area contributed by atoms with Gasteiger partial charge >= 0.3 is 0 Å². The number of amides is 2. The second-order valence-corrected chi connectivity index (χ2v) is 6.03. The summed E-state index contributed by atoms with van der Waals surface area (Å²) < 4.78 is 0. The molecule has 23 heavy (non-hydrogen) atoms. The smallest absolute Gasteiger partial charge is 0.227 e. The van der Waals surface area contributed by atoms with Gasteiger partial charge in [-0.05, 0) is 23.8 Å². The van der Waals surface area contributed by atoms with Gasteiger partial charge in [0.05, 0.1) is 5.92 Å². The number of benzene rings is 2. The van der Waals surface area contributed by atoms with E-state index in [1.807, 2.05) is 36.4 Å². The van der Waals surface area contributed by atoms with Crippen LogP contribution in [0, 0.1) is 5.92 Å². The summed E-state index contributed by atoms with van der Waals surface area (Å²) in [6, 6.07) is 16.8. The Bertz CT molecular complexity index is 718. The van der Waals surface area contributed by atoms with Crippen molar-refractivity contribution in [2.24, 2.45) is 5.92 Å². The zero-order chi connectivity index (χ0) is 16.2. The van der Waals surface area contributed by atoms with Crippen LogP contribution in [0.2, 0.25) is 5.02 Å². The van der Waals surface area contributed by atoms with Crippen molar-refractivity contribution in [3.8, 4) is 0 Å². The van der Waals surface area contributed by atoms with E-state index in [4.69, 9.17) is 11.6 Å². The highest BCUT2D eigenvalue weighted by molar-refractivity contribution is 6.30. The van der Waals surface area contributed by atoms with Gasteiger partial charge in [0.15, 0.2) is 0 Å². The summed E-state index contributed by atoms with van der Waals surface area (Å²) in [7, 11) is 0. The van der Waals surface area contributed by atoms with Crippen LogP contribution in [-0.2, 0) is 16.1 Å². The summed E-state index contributed by atoms with van der Waals surface area (Å²) in [5.41, 5.74) is 1.78. The van der Waals surface area contributed by atoms with Crippen LogP contribution in [0.25, 0.3) is 0 Å². The maximum atomic E-state index is 12.3. The molecule has 118 valence electrons.